The fraction of sp³-hybridized carbons (Fsp3) is 0.467. The quantitative estimate of drug-likeness (QED) is 0.867. The lowest BCUT2D eigenvalue weighted by Gasteiger charge is -2.08. The number of amides is 1. The lowest BCUT2D eigenvalue weighted by Crippen LogP contribution is -2.27. The highest BCUT2D eigenvalue weighted by Gasteiger charge is 2.06. The number of fused-ring (bicyclic) bond motifs is 1. The Balaban J connectivity index is 1.94. The van der Waals surface area contributed by atoms with Crippen LogP contribution in [0.15, 0.2) is 24.3 Å². The molecule has 0 aliphatic rings. The van der Waals surface area contributed by atoms with E-state index in [1.807, 2.05) is 25.1 Å². The van der Waals surface area contributed by atoms with Crippen LogP contribution in [-0.2, 0) is 11.3 Å². The molecule has 1 aromatic heterocycles. The van der Waals surface area contributed by atoms with Gasteiger partial charge in [-0.3, -0.25) is 4.79 Å². The second-order valence-electron chi connectivity index (χ2n) is 4.75. The predicted molar refractivity (Wildman–Crippen MR) is 77.0 cm³/mol. The minimum Gasteiger partial charge on any atom is -0.354 e. The summed E-state index contributed by atoms with van der Waals surface area (Å²) in [5.41, 5.74) is 2.14. The summed E-state index contributed by atoms with van der Waals surface area (Å²) in [6.07, 6.45) is 2.64. The number of rotatable bonds is 6. The van der Waals surface area contributed by atoms with E-state index < -0.39 is 0 Å². The van der Waals surface area contributed by atoms with Crippen LogP contribution >= 0.6 is 0 Å². The van der Waals surface area contributed by atoms with Crippen LogP contribution in [0.2, 0.25) is 0 Å². The maximum atomic E-state index is 11.5. The lowest BCUT2D eigenvalue weighted by molar-refractivity contribution is -0.121. The Morgan fingerprint density at radius 2 is 2.16 bits per heavy atom. The van der Waals surface area contributed by atoms with Crippen molar-refractivity contribution in [2.24, 2.45) is 0 Å². The predicted octanol–water partition coefficient (Wildman–Crippen LogP) is 2.65. The van der Waals surface area contributed by atoms with Crippen molar-refractivity contribution in [2.45, 2.75) is 39.7 Å². The van der Waals surface area contributed by atoms with Crippen LogP contribution in [0.1, 0.15) is 32.0 Å². The molecular formula is C15H21N3O. The van der Waals surface area contributed by atoms with Gasteiger partial charge in [-0.15, -0.1) is 0 Å². The molecule has 0 radical (unpaired) electrons. The van der Waals surface area contributed by atoms with Gasteiger partial charge in [0, 0.05) is 19.5 Å². The first-order chi connectivity index (χ1) is 9.22. The van der Waals surface area contributed by atoms with Crippen molar-refractivity contribution in [1.82, 2.24) is 14.9 Å². The molecule has 4 nitrogen and oxygen atoms in total. The third-order valence-electron chi connectivity index (χ3n) is 3.26. The largest absolute Gasteiger partial charge is 0.354 e. The zero-order chi connectivity index (χ0) is 13.7. The van der Waals surface area contributed by atoms with E-state index in [0.29, 0.717) is 13.0 Å². The molecule has 0 spiro atoms. The van der Waals surface area contributed by atoms with Gasteiger partial charge >= 0.3 is 0 Å². The highest BCUT2D eigenvalue weighted by Crippen LogP contribution is 2.14. The fourth-order valence-electron chi connectivity index (χ4n) is 2.21. The minimum absolute atomic E-state index is 0.143. The summed E-state index contributed by atoms with van der Waals surface area (Å²) in [7, 11) is 0. The van der Waals surface area contributed by atoms with Crippen molar-refractivity contribution in [3.8, 4) is 0 Å². The van der Waals surface area contributed by atoms with E-state index >= 15 is 0 Å². The highest BCUT2D eigenvalue weighted by molar-refractivity contribution is 5.76. The third-order valence-corrected chi connectivity index (χ3v) is 3.26. The second-order valence-corrected chi connectivity index (χ2v) is 4.75. The van der Waals surface area contributed by atoms with Gasteiger partial charge in [0.15, 0.2) is 0 Å². The maximum absolute atomic E-state index is 11.5. The Hall–Kier alpha value is -1.84. The molecule has 0 aliphatic heterocycles. The average Bonchev–Trinajstić information content (AvgIpc) is 2.73. The third kappa shape index (κ3) is 3.34. The average molecular weight is 259 g/mol. The minimum atomic E-state index is 0.143. The van der Waals surface area contributed by atoms with Crippen molar-refractivity contribution in [2.75, 3.05) is 6.54 Å². The number of hydrogen-bond acceptors (Lipinski definition) is 2. The van der Waals surface area contributed by atoms with Crippen LogP contribution in [-0.4, -0.2) is 22.0 Å². The van der Waals surface area contributed by atoms with Gasteiger partial charge < -0.3 is 9.88 Å². The normalized spacial score (nSPS) is 10.8. The van der Waals surface area contributed by atoms with E-state index in [9.17, 15) is 4.79 Å². The maximum Gasteiger partial charge on any atom is 0.220 e. The molecule has 1 heterocycles. The molecule has 0 fully saturated rings. The van der Waals surface area contributed by atoms with Crippen LogP contribution in [0.5, 0.6) is 0 Å². The molecule has 0 aliphatic carbocycles. The lowest BCUT2D eigenvalue weighted by atomic mass is 10.2. The van der Waals surface area contributed by atoms with Crippen molar-refractivity contribution in [3.05, 3.63) is 30.1 Å². The van der Waals surface area contributed by atoms with E-state index in [-0.39, 0.29) is 5.91 Å². The van der Waals surface area contributed by atoms with Crippen LogP contribution < -0.4 is 5.32 Å². The van der Waals surface area contributed by atoms with E-state index in [1.54, 1.807) is 0 Å². The van der Waals surface area contributed by atoms with Gasteiger partial charge in [0.05, 0.1) is 11.0 Å². The Labute approximate surface area is 113 Å². The van der Waals surface area contributed by atoms with Gasteiger partial charge in [0.2, 0.25) is 5.91 Å². The number of aryl methyl sites for hydroxylation is 1. The van der Waals surface area contributed by atoms with Crippen LogP contribution in [0, 0.1) is 6.92 Å². The van der Waals surface area contributed by atoms with E-state index in [2.05, 4.69) is 27.9 Å². The Morgan fingerprint density at radius 3 is 2.95 bits per heavy atom. The smallest absolute Gasteiger partial charge is 0.220 e. The summed E-state index contributed by atoms with van der Waals surface area (Å²) < 4.78 is 2.15. The number of benzene rings is 1. The second kappa shape index (κ2) is 6.36. The van der Waals surface area contributed by atoms with Gasteiger partial charge in [0.25, 0.3) is 0 Å². The van der Waals surface area contributed by atoms with Crippen LogP contribution in [0.25, 0.3) is 11.0 Å². The molecular weight excluding hydrogens is 238 g/mol. The number of nitrogens with one attached hydrogen (secondary N) is 1. The van der Waals surface area contributed by atoms with Crippen molar-refractivity contribution in [1.29, 1.82) is 0 Å². The summed E-state index contributed by atoms with van der Waals surface area (Å²) in [5, 5.41) is 2.96. The molecule has 0 unspecified atom stereocenters. The number of hydrogen-bond donors (Lipinski definition) is 1. The molecule has 1 aromatic carbocycles. The first-order valence-electron chi connectivity index (χ1n) is 6.91. The van der Waals surface area contributed by atoms with E-state index in [1.165, 1.54) is 0 Å². The van der Waals surface area contributed by atoms with Crippen molar-refractivity contribution in [3.63, 3.8) is 0 Å². The first-order valence-corrected chi connectivity index (χ1v) is 6.91. The molecule has 1 N–H and O–H groups in total. The SMILES string of the molecule is CCCCC(=O)NCCn1c(C)nc2ccccc21. The van der Waals surface area contributed by atoms with Crippen LogP contribution in [0.3, 0.4) is 0 Å². The van der Waals surface area contributed by atoms with Crippen molar-refractivity contribution >= 4 is 16.9 Å². The summed E-state index contributed by atoms with van der Waals surface area (Å²) in [5.74, 6) is 1.13. The van der Waals surface area contributed by atoms with Gasteiger partial charge in [0.1, 0.15) is 5.82 Å². The van der Waals surface area contributed by atoms with Crippen LogP contribution in [0.4, 0.5) is 0 Å². The number of carbonyl (C=O) groups excluding carboxylic acids is 1. The Bertz CT molecular complexity index is 560. The number of nitrogens with zero attached hydrogens (tertiary/aromatic N) is 2. The standard InChI is InChI=1S/C15H21N3O/c1-3-4-9-15(19)16-10-11-18-12(2)17-13-7-5-6-8-14(13)18/h5-8H,3-4,9-11H2,1-2H3,(H,16,19). The van der Waals surface area contributed by atoms with Gasteiger partial charge in [-0.2, -0.15) is 0 Å². The summed E-state index contributed by atoms with van der Waals surface area (Å²) >= 11 is 0. The molecule has 0 atom stereocenters. The zero-order valence-electron chi connectivity index (χ0n) is 11.6. The molecule has 2 aromatic rings. The summed E-state index contributed by atoms with van der Waals surface area (Å²) in [6.45, 7) is 5.52. The summed E-state index contributed by atoms with van der Waals surface area (Å²) in [6, 6.07) is 8.08. The number of unbranched alkanes of at least 4 members (excludes halogenated alkanes) is 1. The first kappa shape index (κ1) is 13.6. The topological polar surface area (TPSA) is 46.9 Å². The fourth-order valence-corrected chi connectivity index (χ4v) is 2.21. The van der Waals surface area contributed by atoms with Crippen molar-refractivity contribution < 1.29 is 4.79 Å². The summed E-state index contributed by atoms with van der Waals surface area (Å²) in [4.78, 5) is 16.1. The molecule has 4 heteroatoms. The molecule has 102 valence electrons. The molecule has 1 amide bonds. The molecule has 2 rings (SSSR count). The zero-order valence-corrected chi connectivity index (χ0v) is 11.6. The number of carbonyl (C=O) groups is 1. The molecule has 19 heavy (non-hydrogen) atoms. The Morgan fingerprint density at radius 1 is 1.37 bits per heavy atom. The Kier molecular flexibility index (Phi) is 4.55. The number of imidazole rings is 1. The molecule has 0 saturated carbocycles. The van der Waals surface area contributed by atoms with Gasteiger partial charge in [-0.05, 0) is 25.5 Å². The molecule has 0 bridgehead atoms. The monoisotopic (exact) mass is 259 g/mol. The van der Waals surface area contributed by atoms with E-state index in [0.717, 1.165) is 36.2 Å². The number of aromatic nitrogens is 2. The van der Waals surface area contributed by atoms with Gasteiger partial charge in [-0.1, -0.05) is 25.5 Å². The number of para-hydroxylation sites is 2. The highest BCUT2D eigenvalue weighted by atomic mass is 16.1. The van der Waals surface area contributed by atoms with E-state index in [4.69, 9.17) is 0 Å². The molecule has 0 saturated heterocycles. The van der Waals surface area contributed by atoms with Gasteiger partial charge in [-0.25, -0.2) is 4.98 Å².